The second kappa shape index (κ2) is 7.93. The summed E-state index contributed by atoms with van der Waals surface area (Å²) in [6.45, 7) is 3.72. The van der Waals surface area contributed by atoms with Gasteiger partial charge in [-0.3, -0.25) is 14.8 Å². The minimum atomic E-state index is -0.628. The predicted octanol–water partition coefficient (Wildman–Crippen LogP) is 0.0820. The Hall–Kier alpha value is -1.51. The molecule has 8 heteroatoms. The van der Waals surface area contributed by atoms with Crippen LogP contribution in [0, 0.1) is 10.1 Å². The summed E-state index contributed by atoms with van der Waals surface area (Å²) in [5, 5.41) is 27.5. The maximum absolute atomic E-state index is 10.5. The number of aliphatic hydroxyl groups excluding tert-OH is 1. The topological polar surface area (TPSA) is 96.5 Å². The summed E-state index contributed by atoms with van der Waals surface area (Å²) in [6, 6.07) is 0.305. The Kier molecular flexibility index (Phi) is 6.56. The van der Waals surface area contributed by atoms with Gasteiger partial charge in [0.15, 0.2) is 0 Å². The zero-order valence-corrected chi connectivity index (χ0v) is 12.2. The van der Waals surface area contributed by atoms with Crippen LogP contribution in [0.5, 0.6) is 0 Å². The summed E-state index contributed by atoms with van der Waals surface area (Å²) in [5.74, 6) is 0. The molecule has 114 valence electrons. The van der Waals surface area contributed by atoms with Gasteiger partial charge in [0, 0.05) is 12.6 Å². The normalized spacial score (nSPS) is 14.4. The molecule has 1 rings (SSSR count). The van der Waals surface area contributed by atoms with Crippen molar-refractivity contribution in [1.82, 2.24) is 20.0 Å². The summed E-state index contributed by atoms with van der Waals surface area (Å²) in [7, 11) is 4.04. The van der Waals surface area contributed by atoms with Crippen LogP contribution in [0.1, 0.15) is 13.3 Å². The zero-order valence-electron chi connectivity index (χ0n) is 12.2. The Labute approximate surface area is 118 Å². The number of rotatable bonds is 9. The molecular weight excluding hydrogens is 262 g/mol. The van der Waals surface area contributed by atoms with Crippen LogP contribution in [0.4, 0.5) is 5.69 Å². The van der Waals surface area contributed by atoms with Crippen molar-refractivity contribution in [3.8, 4) is 0 Å². The van der Waals surface area contributed by atoms with Crippen molar-refractivity contribution < 1.29 is 10.0 Å². The van der Waals surface area contributed by atoms with E-state index in [0.29, 0.717) is 12.6 Å². The fraction of sp³-hybridized carbons (Fsp3) is 0.750. The number of aliphatic hydroxyl groups is 1. The minimum absolute atomic E-state index is 0.0653. The first-order valence-corrected chi connectivity index (χ1v) is 6.61. The first-order valence-electron chi connectivity index (χ1n) is 6.61. The highest BCUT2D eigenvalue weighted by molar-refractivity contribution is 5.20. The van der Waals surface area contributed by atoms with Gasteiger partial charge in [0.25, 0.3) is 0 Å². The van der Waals surface area contributed by atoms with E-state index in [4.69, 9.17) is 0 Å². The van der Waals surface area contributed by atoms with Gasteiger partial charge in [-0.05, 0) is 34.0 Å². The zero-order chi connectivity index (χ0) is 15.1. The number of nitro groups is 1. The molecule has 0 bridgehead atoms. The lowest BCUT2D eigenvalue weighted by Gasteiger charge is -2.18. The quantitative estimate of drug-likeness (QED) is 0.493. The predicted molar refractivity (Wildman–Crippen MR) is 75.5 cm³/mol. The van der Waals surface area contributed by atoms with E-state index in [1.807, 2.05) is 14.1 Å². The molecular formula is C12H23N5O3. The lowest BCUT2D eigenvalue weighted by atomic mass is 10.2. The van der Waals surface area contributed by atoms with Crippen molar-refractivity contribution in [3.63, 3.8) is 0 Å². The number of hydrogen-bond donors (Lipinski definition) is 2. The molecule has 0 saturated carbocycles. The molecule has 0 radical (unpaired) electrons. The molecule has 2 unspecified atom stereocenters. The molecule has 0 aliphatic rings. The van der Waals surface area contributed by atoms with E-state index in [2.05, 4.69) is 22.2 Å². The Morgan fingerprint density at radius 1 is 1.60 bits per heavy atom. The van der Waals surface area contributed by atoms with Gasteiger partial charge in [-0.2, -0.15) is 5.10 Å². The average Bonchev–Trinajstić information content (AvgIpc) is 2.82. The highest BCUT2D eigenvalue weighted by Crippen LogP contribution is 2.08. The lowest BCUT2D eigenvalue weighted by Crippen LogP contribution is -2.37. The van der Waals surface area contributed by atoms with Crippen LogP contribution in [-0.2, 0) is 6.54 Å². The molecule has 0 spiro atoms. The van der Waals surface area contributed by atoms with Crippen LogP contribution in [-0.4, -0.2) is 64.0 Å². The molecule has 20 heavy (non-hydrogen) atoms. The molecule has 1 aromatic heterocycles. The molecule has 0 aromatic carbocycles. The number of hydrogen-bond acceptors (Lipinski definition) is 6. The fourth-order valence-corrected chi connectivity index (χ4v) is 1.72. The van der Waals surface area contributed by atoms with Crippen molar-refractivity contribution in [2.45, 2.75) is 32.0 Å². The minimum Gasteiger partial charge on any atom is -0.390 e. The van der Waals surface area contributed by atoms with E-state index in [9.17, 15) is 15.2 Å². The van der Waals surface area contributed by atoms with Gasteiger partial charge in [0.05, 0.1) is 17.6 Å². The van der Waals surface area contributed by atoms with Crippen LogP contribution in [0.3, 0.4) is 0 Å². The third-order valence-corrected chi connectivity index (χ3v) is 2.94. The SMILES string of the molecule is CC(CCN(C)C)NCC(O)Cn1cc([N+](=O)[O-])cn1. The van der Waals surface area contributed by atoms with Crippen LogP contribution >= 0.6 is 0 Å². The van der Waals surface area contributed by atoms with Crippen molar-refractivity contribution in [2.24, 2.45) is 0 Å². The molecule has 1 heterocycles. The van der Waals surface area contributed by atoms with E-state index in [1.54, 1.807) is 0 Å². The summed E-state index contributed by atoms with van der Waals surface area (Å²) in [4.78, 5) is 12.1. The molecule has 0 aliphatic carbocycles. The number of nitrogens with zero attached hydrogens (tertiary/aromatic N) is 4. The smallest absolute Gasteiger partial charge is 0.306 e. The van der Waals surface area contributed by atoms with E-state index in [1.165, 1.54) is 17.1 Å². The van der Waals surface area contributed by atoms with Crippen molar-refractivity contribution in [3.05, 3.63) is 22.5 Å². The second-order valence-electron chi connectivity index (χ2n) is 5.23. The Balaban J connectivity index is 2.28. The van der Waals surface area contributed by atoms with Crippen molar-refractivity contribution in [2.75, 3.05) is 27.2 Å². The summed E-state index contributed by atoms with van der Waals surface area (Å²) >= 11 is 0. The lowest BCUT2D eigenvalue weighted by molar-refractivity contribution is -0.385. The monoisotopic (exact) mass is 285 g/mol. The van der Waals surface area contributed by atoms with Gasteiger partial charge in [-0.1, -0.05) is 0 Å². The van der Waals surface area contributed by atoms with E-state index in [0.717, 1.165) is 13.0 Å². The molecule has 0 fully saturated rings. The maximum atomic E-state index is 10.5. The number of nitrogens with one attached hydrogen (secondary N) is 1. The van der Waals surface area contributed by atoms with E-state index in [-0.39, 0.29) is 12.2 Å². The molecule has 8 nitrogen and oxygen atoms in total. The summed E-state index contributed by atoms with van der Waals surface area (Å²) in [5.41, 5.74) is -0.0653. The second-order valence-corrected chi connectivity index (χ2v) is 5.23. The highest BCUT2D eigenvalue weighted by atomic mass is 16.6. The highest BCUT2D eigenvalue weighted by Gasteiger charge is 2.12. The molecule has 1 aromatic rings. The largest absolute Gasteiger partial charge is 0.390 e. The van der Waals surface area contributed by atoms with Gasteiger partial charge in [0.1, 0.15) is 12.4 Å². The van der Waals surface area contributed by atoms with Crippen LogP contribution in [0.25, 0.3) is 0 Å². The van der Waals surface area contributed by atoms with Gasteiger partial charge in [0.2, 0.25) is 0 Å². The average molecular weight is 285 g/mol. The van der Waals surface area contributed by atoms with Gasteiger partial charge in [-0.25, -0.2) is 0 Å². The van der Waals surface area contributed by atoms with Crippen molar-refractivity contribution in [1.29, 1.82) is 0 Å². The first kappa shape index (κ1) is 16.5. The standard InChI is InChI=1S/C12H23N5O3/c1-10(4-5-15(2)3)13-7-12(18)9-16-8-11(6-14-16)17(19)20/h6,8,10,12-13,18H,4-5,7,9H2,1-3H3. The first-order chi connectivity index (χ1) is 9.38. The maximum Gasteiger partial charge on any atom is 0.306 e. The van der Waals surface area contributed by atoms with Crippen LogP contribution in [0.15, 0.2) is 12.4 Å². The molecule has 2 N–H and O–H groups in total. The van der Waals surface area contributed by atoms with E-state index >= 15 is 0 Å². The Bertz CT molecular complexity index is 421. The van der Waals surface area contributed by atoms with Gasteiger partial charge >= 0.3 is 5.69 Å². The van der Waals surface area contributed by atoms with Gasteiger partial charge < -0.3 is 15.3 Å². The Morgan fingerprint density at radius 3 is 2.85 bits per heavy atom. The van der Waals surface area contributed by atoms with Gasteiger partial charge in [-0.15, -0.1) is 0 Å². The molecule has 0 saturated heterocycles. The number of aromatic nitrogens is 2. The van der Waals surface area contributed by atoms with E-state index < -0.39 is 11.0 Å². The Morgan fingerprint density at radius 2 is 2.30 bits per heavy atom. The van der Waals surface area contributed by atoms with Crippen LogP contribution < -0.4 is 5.32 Å². The molecule has 0 aliphatic heterocycles. The molecule has 2 atom stereocenters. The molecule has 0 amide bonds. The van der Waals surface area contributed by atoms with Crippen molar-refractivity contribution >= 4 is 5.69 Å². The fourth-order valence-electron chi connectivity index (χ4n) is 1.72. The third-order valence-electron chi connectivity index (χ3n) is 2.94. The summed E-state index contributed by atoms with van der Waals surface area (Å²) in [6.07, 6.45) is 2.86. The summed E-state index contributed by atoms with van der Waals surface area (Å²) < 4.78 is 1.38. The third kappa shape index (κ3) is 6.09. The van der Waals surface area contributed by atoms with Crippen LogP contribution in [0.2, 0.25) is 0 Å².